The van der Waals surface area contributed by atoms with Crippen LogP contribution in [0.25, 0.3) is 5.69 Å². The summed E-state index contributed by atoms with van der Waals surface area (Å²) in [6, 6.07) is 17.9. The highest BCUT2D eigenvalue weighted by molar-refractivity contribution is 5.41. The van der Waals surface area contributed by atoms with Crippen LogP contribution in [0.1, 0.15) is 12.5 Å². The number of anilines is 1. The smallest absolute Gasteiger partial charge is 0.250 e. The third kappa shape index (κ3) is 3.48. The van der Waals surface area contributed by atoms with E-state index in [1.165, 1.54) is 5.56 Å². The normalized spacial score (nSPS) is 10.5. The van der Waals surface area contributed by atoms with Crippen LogP contribution in [0.3, 0.4) is 0 Å². The predicted octanol–water partition coefficient (Wildman–Crippen LogP) is 2.70. The Hall–Kier alpha value is -2.89. The van der Waals surface area contributed by atoms with Gasteiger partial charge in [-0.3, -0.25) is 0 Å². The van der Waals surface area contributed by atoms with Crippen molar-refractivity contribution in [2.75, 3.05) is 18.6 Å². The number of benzene rings is 2. The molecular weight excluding hydrogens is 290 g/mol. The average molecular weight is 309 g/mol. The van der Waals surface area contributed by atoms with Crippen molar-refractivity contribution >= 4 is 5.95 Å². The van der Waals surface area contributed by atoms with Gasteiger partial charge in [-0.2, -0.15) is 4.68 Å². The van der Waals surface area contributed by atoms with Crippen molar-refractivity contribution in [3.63, 3.8) is 0 Å². The highest BCUT2D eigenvalue weighted by atomic mass is 16.5. The molecule has 1 aromatic heterocycles. The fraction of sp³-hybridized carbons (Fsp3) is 0.235. The van der Waals surface area contributed by atoms with E-state index in [1.54, 1.807) is 4.68 Å². The summed E-state index contributed by atoms with van der Waals surface area (Å²) in [6.07, 6.45) is 0. The highest BCUT2D eigenvalue weighted by Crippen LogP contribution is 2.18. The molecule has 0 spiro atoms. The maximum Gasteiger partial charge on any atom is 0.250 e. The Morgan fingerprint density at radius 2 is 1.78 bits per heavy atom. The fourth-order valence-corrected chi connectivity index (χ4v) is 2.36. The third-order valence-corrected chi connectivity index (χ3v) is 3.45. The van der Waals surface area contributed by atoms with Gasteiger partial charge in [0.1, 0.15) is 5.75 Å². The Kier molecular flexibility index (Phi) is 4.52. The first kappa shape index (κ1) is 15.0. The SMILES string of the molecule is CCOc1ccc(CN(C)c2nnnn2-c2ccccc2)cc1. The molecule has 0 fully saturated rings. The maximum atomic E-state index is 5.46. The van der Waals surface area contributed by atoms with Crippen LogP contribution in [0, 0.1) is 0 Å². The molecule has 0 N–H and O–H groups in total. The van der Waals surface area contributed by atoms with Crippen LogP contribution < -0.4 is 9.64 Å². The van der Waals surface area contributed by atoms with Crippen LogP contribution >= 0.6 is 0 Å². The molecule has 0 saturated heterocycles. The van der Waals surface area contributed by atoms with Crippen LogP contribution in [0.4, 0.5) is 5.95 Å². The van der Waals surface area contributed by atoms with Gasteiger partial charge in [0.05, 0.1) is 12.3 Å². The Labute approximate surface area is 135 Å². The van der Waals surface area contributed by atoms with Gasteiger partial charge in [0, 0.05) is 13.6 Å². The van der Waals surface area contributed by atoms with Gasteiger partial charge in [-0.1, -0.05) is 35.4 Å². The number of hydrogen-bond donors (Lipinski definition) is 0. The van der Waals surface area contributed by atoms with Crippen molar-refractivity contribution in [3.8, 4) is 11.4 Å². The van der Waals surface area contributed by atoms with E-state index in [-0.39, 0.29) is 0 Å². The number of aromatic nitrogens is 4. The molecule has 0 unspecified atom stereocenters. The number of rotatable bonds is 6. The van der Waals surface area contributed by atoms with E-state index >= 15 is 0 Å². The lowest BCUT2D eigenvalue weighted by atomic mass is 10.2. The zero-order chi connectivity index (χ0) is 16.1. The van der Waals surface area contributed by atoms with E-state index in [0.29, 0.717) is 19.1 Å². The number of ether oxygens (including phenoxy) is 1. The maximum absolute atomic E-state index is 5.46. The Morgan fingerprint density at radius 3 is 2.48 bits per heavy atom. The Bertz CT molecular complexity index is 739. The van der Waals surface area contributed by atoms with E-state index < -0.39 is 0 Å². The molecule has 6 heteroatoms. The number of hydrogen-bond acceptors (Lipinski definition) is 5. The highest BCUT2D eigenvalue weighted by Gasteiger charge is 2.13. The van der Waals surface area contributed by atoms with Crippen LogP contribution in [0.5, 0.6) is 5.75 Å². The molecule has 0 aliphatic heterocycles. The standard InChI is InChI=1S/C17H19N5O/c1-3-23-16-11-9-14(10-12-16)13-21(2)17-18-19-20-22(17)15-7-5-4-6-8-15/h4-12H,3,13H2,1-2H3. The number of para-hydroxylation sites is 1. The molecule has 0 aliphatic carbocycles. The van der Waals surface area contributed by atoms with Crippen LogP contribution in [0.15, 0.2) is 54.6 Å². The lowest BCUT2D eigenvalue weighted by Crippen LogP contribution is -2.20. The second-order valence-electron chi connectivity index (χ2n) is 5.16. The molecule has 3 rings (SSSR count). The lowest BCUT2D eigenvalue weighted by molar-refractivity contribution is 0.340. The zero-order valence-corrected chi connectivity index (χ0v) is 13.3. The van der Waals surface area contributed by atoms with Gasteiger partial charge in [0.15, 0.2) is 0 Å². The number of tetrazole rings is 1. The summed E-state index contributed by atoms with van der Waals surface area (Å²) >= 11 is 0. The fourth-order valence-electron chi connectivity index (χ4n) is 2.36. The third-order valence-electron chi connectivity index (χ3n) is 3.45. The summed E-state index contributed by atoms with van der Waals surface area (Å²) in [7, 11) is 1.97. The summed E-state index contributed by atoms with van der Waals surface area (Å²) in [5.41, 5.74) is 2.10. The van der Waals surface area contributed by atoms with Gasteiger partial charge in [0.2, 0.25) is 5.95 Å². The van der Waals surface area contributed by atoms with E-state index in [4.69, 9.17) is 4.74 Å². The molecule has 0 saturated carbocycles. The zero-order valence-electron chi connectivity index (χ0n) is 13.3. The Balaban J connectivity index is 1.76. The molecule has 118 valence electrons. The summed E-state index contributed by atoms with van der Waals surface area (Å²) < 4.78 is 7.20. The quantitative estimate of drug-likeness (QED) is 0.701. The van der Waals surface area contributed by atoms with Crippen LogP contribution in [0.2, 0.25) is 0 Å². The summed E-state index contributed by atoms with van der Waals surface area (Å²) in [5, 5.41) is 12.0. The summed E-state index contributed by atoms with van der Waals surface area (Å²) in [4.78, 5) is 2.02. The molecule has 23 heavy (non-hydrogen) atoms. The van der Waals surface area contributed by atoms with Crippen LogP contribution in [-0.2, 0) is 6.54 Å². The van der Waals surface area contributed by atoms with Gasteiger partial charge >= 0.3 is 0 Å². The molecule has 6 nitrogen and oxygen atoms in total. The van der Waals surface area contributed by atoms with E-state index in [9.17, 15) is 0 Å². The summed E-state index contributed by atoms with van der Waals surface area (Å²) in [6.45, 7) is 3.36. The average Bonchev–Trinajstić information content (AvgIpc) is 3.07. The van der Waals surface area contributed by atoms with Crippen molar-refractivity contribution in [1.82, 2.24) is 20.2 Å². The van der Waals surface area contributed by atoms with Crippen molar-refractivity contribution in [2.24, 2.45) is 0 Å². The molecular formula is C17H19N5O. The largest absolute Gasteiger partial charge is 0.494 e. The monoisotopic (exact) mass is 309 g/mol. The molecule has 0 aliphatic rings. The van der Waals surface area contributed by atoms with Crippen molar-refractivity contribution in [3.05, 3.63) is 60.2 Å². The lowest BCUT2D eigenvalue weighted by Gasteiger charge is -2.18. The topological polar surface area (TPSA) is 56.1 Å². The van der Waals surface area contributed by atoms with E-state index in [0.717, 1.165) is 11.4 Å². The molecule has 1 heterocycles. The molecule has 3 aromatic rings. The predicted molar refractivity (Wildman–Crippen MR) is 88.9 cm³/mol. The minimum absolute atomic E-state index is 0.672. The van der Waals surface area contributed by atoms with Crippen molar-refractivity contribution < 1.29 is 4.74 Å². The minimum atomic E-state index is 0.672. The molecule has 0 radical (unpaired) electrons. The molecule has 0 amide bonds. The second-order valence-corrected chi connectivity index (χ2v) is 5.16. The number of nitrogens with zero attached hydrogens (tertiary/aromatic N) is 5. The molecule has 0 atom stereocenters. The molecule has 2 aromatic carbocycles. The van der Waals surface area contributed by atoms with E-state index in [2.05, 4.69) is 27.7 Å². The van der Waals surface area contributed by atoms with Crippen LogP contribution in [-0.4, -0.2) is 33.9 Å². The van der Waals surface area contributed by atoms with Gasteiger partial charge in [0.25, 0.3) is 0 Å². The first-order valence-corrected chi connectivity index (χ1v) is 7.54. The van der Waals surface area contributed by atoms with Crippen molar-refractivity contribution in [2.45, 2.75) is 13.5 Å². The van der Waals surface area contributed by atoms with Crippen molar-refractivity contribution in [1.29, 1.82) is 0 Å². The van der Waals surface area contributed by atoms with Gasteiger partial charge in [-0.05, 0) is 47.2 Å². The van der Waals surface area contributed by atoms with E-state index in [1.807, 2.05) is 61.3 Å². The first-order chi connectivity index (χ1) is 11.3. The van der Waals surface area contributed by atoms with Gasteiger partial charge in [-0.25, -0.2) is 0 Å². The summed E-state index contributed by atoms with van der Waals surface area (Å²) in [5.74, 6) is 1.58. The van der Waals surface area contributed by atoms with Gasteiger partial charge < -0.3 is 9.64 Å². The molecule has 0 bridgehead atoms. The minimum Gasteiger partial charge on any atom is -0.494 e. The first-order valence-electron chi connectivity index (χ1n) is 7.54. The Morgan fingerprint density at radius 1 is 1.04 bits per heavy atom. The second kappa shape index (κ2) is 6.91. The van der Waals surface area contributed by atoms with Gasteiger partial charge in [-0.15, -0.1) is 0 Å².